The number of hydrogen-bond donors (Lipinski definition) is 1. The maximum Gasteiger partial charge on any atom is 0.343 e. The number of hydrogen-bond acceptors (Lipinski definition) is 4. The Bertz CT molecular complexity index is 819. The van der Waals surface area contributed by atoms with Crippen molar-refractivity contribution in [1.82, 2.24) is 15.1 Å². The highest BCUT2D eigenvalue weighted by Crippen LogP contribution is 2.21. The summed E-state index contributed by atoms with van der Waals surface area (Å²) in [5, 5.41) is 7.85. The molecular formula is C19H23Cl2N3O3. The molecule has 1 aromatic carbocycles. The van der Waals surface area contributed by atoms with Crippen LogP contribution in [0.5, 0.6) is 0 Å². The smallest absolute Gasteiger partial charge is 0.343 e. The molecule has 0 aliphatic heterocycles. The molecule has 0 radical (unpaired) electrons. The Hall–Kier alpha value is -2.05. The van der Waals surface area contributed by atoms with E-state index in [0.29, 0.717) is 36.1 Å². The Labute approximate surface area is 168 Å². The zero-order valence-corrected chi connectivity index (χ0v) is 17.1. The molecule has 146 valence electrons. The molecule has 1 aromatic heterocycles. The fraction of sp³-hybridized carbons (Fsp3) is 0.421. The maximum atomic E-state index is 12.3. The van der Waals surface area contributed by atoms with Gasteiger partial charge in [-0.05, 0) is 37.0 Å². The molecule has 8 heteroatoms. The van der Waals surface area contributed by atoms with Crippen LogP contribution in [0.15, 0.2) is 24.3 Å². The Morgan fingerprint density at radius 1 is 1.30 bits per heavy atom. The molecule has 1 heterocycles. The average Bonchev–Trinajstić information content (AvgIpc) is 2.86. The number of esters is 1. The quantitative estimate of drug-likeness (QED) is 0.672. The molecule has 1 N–H and O–H groups in total. The molecule has 2 rings (SSSR count). The van der Waals surface area contributed by atoms with E-state index in [1.807, 2.05) is 32.0 Å². The molecule has 0 spiro atoms. The Balaban J connectivity index is 1.83. The van der Waals surface area contributed by atoms with Crippen LogP contribution in [-0.2, 0) is 22.5 Å². The van der Waals surface area contributed by atoms with Crippen LogP contribution in [-0.4, -0.2) is 34.8 Å². The minimum atomic E-state index is -0.655. The van der Waals surface area contributed by atoms with Gasteiger partial charge in [-0.25, -0.2) is 4.79 Å². The van der Waals surface area contributed by atoms with E-state index in [1.54, 1.807) is 17.7 Å². The van der Waals surface area contributed by atoms with Crippen molar-refractivity contribution < 1.29 is 14.3 Å². The van der Waals surface area contributed by atoms with Gasteiger partial charge in [-0.15, -0.1) is 0 Å². The van der Waals surface area contributed by atoms with Gasteiger partial charge in [-0.2, -0.15) is 5.10 Å². The summed E-state index contributed by atoms with van der Waals surface area (Å²) in [4.78, 5) is 24.2. The van der Waals surface area contributed by atoms with Crippen molar-refractivity contribution in [1.29, 1.82) is 0 Å². The van der Waals surface area contributed by atoms with Crippen LogP contribution < -0.4 is 5.32 Å². The summed E-state index contributed by atoms with van der Waals surface area (Å²) in [5.41, 5.74) is 1.69. The zero-order valence-electron chi connectivity index (χ0n) is 15.6. The lowest BCUT2D eigenvalue weighted by Crippen LogP contribution is -2.30. The van der Waals surface area contributed by atoms with E-state index in [-0.39, 0.29) is 23.2 Å². The van der Waals surface area contributed by atoms with Crippen molar-refractivity contribution in [2.45, 2.75) is 33.7 Å². The van der Waals surface area contributed by atoms with E-state index < -0.39 is 5.97 Å². The minimum absolute atomic E-state index is 0.198. The van der Waals surface area contributed by atoms with Crippen LogP contribution in [0, 0.1) is 12.8 Å². The number of aromatic nitrogens is 2. The monoisotopic (exact) mass is 411 g/mol. The molecular weight excluding hydrogens is 389 g/mol. The first-order valence-corrected chi connectivity index (χ1v) is 9.44. The number of rotatable bonds is 8. The second-order valence-electron chi connectivity index (χ2n) is 6.63. The van der Waals surface area contributed by atoms with Gasteiger partial charge < -0.3 is 10.1 Å². The molecule has 1 amide bonds. The van der Waals surface area contributed by atoms with Gasteiger partial charge in [-0.1, -0.05) is 49.2 Å². The Morgan fingerprint density at radius 2 is 2.04 bits per heavy atom. The normalized spacial score (nSPS) is 10.9. The third-order valence-corrected chi connectivity index (χ3v) is 4.39. The molecule has 6 nitrogen and oxygen atoms in total. The van der Waals surface area contributed by atoms with Crippen molar-refractivity contribution in [3.05, 3.63) is 51.3 Å². The predicted molar refractivity (Wildman–Crippen MR) is 105 cm³/mol. The number of halogens is 2. The summed E-state index contributed by atoms with van der Waals surface area (Å²) in [7, 11) is 0. The van der Waals surface area contributed by atoms with Crippen molar-refractivity contribution in [3.8, 4) is 0 Å². The third kappa shape index (κ3) is 6.26. The number of aryl methyl sites for hydroxylation is 1. The highest BCUT2D eigenvalue weighted by molar-refractivity contribution is 6.32. The largest absolute Gasteiger partial charge is 0.452 e. The van der Waals surface area contributed by atoms with Crippen molar-refractivity contribution in [2.75, 3.05) is 13.2 Å². The molecule has 2 aromatic rings. The fourth-order valence-corrected chi connectivity index (χ4v) is 3.08. The lowest BCUT2D eigenvalue weighted by atomic mass is 10.1. The Morgan fingerprint density at radius 3 is 2.70 bits per heavy atom. The fourth-order valence-electron chi connectivity index (χ4n) is 2.55. The summed E-state index contributed by atoms with van der Waals surface area (Å²) in [6.07, 6.45) is 0.632. The highest BCUT2D eigenvalue weighted by atomic mass is 35.5. The van der Waals surface area contributed by atoms with Crippen molar-refractivity contribution in [2.24, 2.45) is 5.92 Å². The number of nitrogens with zero attached hydrogens (tertiary/aromatic N) is 2. The molecule has 0 atom stereocenters. The molecule has 0 saturated carbocycles. The van der Waals surface area contributed by atoms with Crippen LogP contribution in [0.3, 0.4) is 0 Å². The second-order valence-corrected chi connectivity index (χ2v) is 7.43. The van der Waals surface area contributed by atoms with Crippen molar-refractivity contribution >= 4 is 35.1 Å². The van der Waals surface area contributed by atoms with Crippen LogP contribution in [0.1, 0.15) is 35.5 Å². The average molecular weight is 412 g/mol. The summed E-state index contributed by atoms with van der Waals surface area (Å²) >= 11 is 12.2. The first kappa shape index (κ1) is 21.3. The van der Waals surface area contributed by atoms with E-state index in [1.165, 1.54) is 0 Å². The third-order valence-electron chi connectivity index (χ3n) is 3.77. The van der Waals surface area contributed by atoms with Crippen LogP contribution in [0.25, 0.3) is 0 Å². The van der Waals surface area contributed by atoms with Gasteiger partial charge in [0.15, 0.2) is 6.61 Å². The second kappa shape index (κ2) is 9.76. The van der Waals surface area contributed by atoms with E-state index in [2.05, 4.69) is 10.4 Å². The van der Waals surface area contributed by atoms with Gasteiger partial charge in [0.2, 0.25) is 0 Å². The maximum absolute atomic E-state index is 12.3. The number of amides is 1. The number of benzene rings is 1. The van der Waals surface area contributed by atoms with E-state index in [9.17, 15) is 9.59 Å². The van der Waals surface area contributed by atoms with Crippen LogP contribution >= 0.6 is 23.2 Å². The molecule has 0 unspecified atom stereocenters. The van der Waals surface area contributed by atoms with E-state index in [4.69, 9.17) is 27.9 Å². The van der Waals surface area contributed by atoms with Crippen molar-refractivity contribution in [3.63, 3.8) is 0 Å². The topological polar surface area (TPSA) is 73.2 Å². The van der Waals surface area contributed by atoms with Crippen LogP contribution in [0.4, 0.5) is 0 Å². The highest BCUT2D eigenvalue weighted by Gasteiger charge is 2.22. The lowest BCUT2D eigenvalue weighted by Gasteiger charge is -2.08. The van der Waals surface area contributed by atoms with Gasteiger partial charge in [0, 0.05) is 18.1 Å². The van der Waals surface area contributed by atoms with Gasteiger partial charge in [0.1, 0.15) is 10.7 Å². The molecule has 0 aliphatic carbocycles. The number of nitrogens with one attached hydrogen (secondary N) is 1. The van der Waals surface area contributed by atoms with Crippen LogP contribution in [0.2, 0.25) is 10.2 Å². The molecule has 27 heavy (non-hydrogen) atoms. The summed E-state index contributed by atoms with van der Waals surface area (Å²) in [5.74, 6) is -0.706. The first-order chi connectivity index (χ1) is 12.8. The molecule has 0 fully saturated rings. The summed E-state index contributed by atoms with van der Waals surface area (Å²) in [6, 6.07) is 7.41. The Kier molecular flexibility index (Phi) is 7.68. The minimum Gasteiger partial charge on any atom is -0.452 e. The SMILES string of the molecule is Cc1nn(CC(C)C)c(Cl)c1C(=O)OCC(=O)NCCc1cccc(Cl)c1. The van der Waals surface area contributed by atoms with E-state index in [0.717, 1.165) is 5.56 Å². The predicted octanol–water partition coefficient (Wildman–Crippen LogP) is 3.67. The molecule has 0 bridgehead atoms. The molecule has 0 aliphatic rings. The summed E-state index contributed by atoms with van der Waals surface area (Å²) in [6.45, 7) is 6.38. The van der Waals surface area contributed by atoms with Gasteiger partial charge >= 0.3 is 5.97 Å². The number of carbonyl (C=O) groups excluding carboxylic acids is 2. The van der Waals surface area contributed by atoms with E-state index >= 15 is 0 Å². The molecule has 0 saturated heterocycles. The van der Waals surface area contributed by atoms with Gasteiger partial charge in [0.05, 0.1) is 5.69 Å². The first-order valence-electron chi connectivity index (χ1n) is 8.69. The zero-order chi connectivity index (χ0) is 20.0. The number of carbonyl (C=O) groups is 2. The lowest BCUT2D eigenvalue weighted by molar-refractivity contribution is -0.124. The van der Waals surface area contributed by atoms with Gasteiger partial charge in [0.25, 0.3) is 5.91 Å². The summed E-state index contributed by atoms with van der Waals surface area (Å²) < 4.78 is 6.65. The standard InChI is InChI=1S/C19H23Cl2N3O3/c1-12(2)10-24-18(21)17(13(3)23-24)19(26)27-11-16(25)22-8-7-14-5-4-6-15(20)9-14/h4-6,9,12H,7-8,10-11H2,1-3H3,(H,22,25). The number of ether oxygens (including phenoxy) is 1. The van der Waals surface area contributed by atoms with Gasteiger partial charge in [-0.3, -0.25) is 9.48 Å².